The van der Waals surface area contributed by atoms with Gasteiger partial charge in [0.2, 0.25) is 0 Å². The molecule has 3 heteroatoms. The molecule has 2 rings (SSSR count). The molecule has 0 bridgehead atoms. The Morgan fingerprint density at radius 3 is 2.56 bits per heavy atom. The molecule has 0 aliphatic heterocycles. The molecule has 0 radical (unpaired) electrons. The molecule has 2 aromatic rings. The largest absolute Gasteiger partial charge is 0.318 e. The molecule has 0 saturated carbocycles. The highest BCUT2D eigenvalue weighted by molar-refractivity contribution is 5.85. The van der Waals surface area contributed by atoms with Crippen LogP contribution in [-0.2, 0) is 7.05 Å². The van der Waals surface area contributed by atoms with Crippen molar-refractivity contribution in [3.05, 3.63) is 46.1 Å². The second kappa shape index (κ2) is 3.74. The molecule has 2 nitrogen and oxygen atoms in total. The lowest BCUT2D eigenvalue weighted by atomic mass is 9.98. The van der Waals surface area contributed by atoms with Gasteiger partial charge in [-0.3, -0.25) is 4.79 Å². The van der Waals surface area contributed by atoms with Crippen molar-refractivity contribution in [2.24, 2.45) is 7.05 Å². The Bertz CT molecular complexity index is 599. The average molecular weight is 219 g/mol. The minimum atomic E-state index is -0.370. The van der Waals surface area contributed by atoms with Crippen molar-refractivity contribution in [2.75, 3.05) is 0 Å². The van der Waals surface area contributed by atoms with Gasteiger partial charge in [-0.25, -0.2) is 4.39 Å². The van der Waals surface area contributed by atoms with Crippen LogP contribution in [0.15, 0.2) is 29.2 Å². The molecule has 0 N–H and O–H groups in total. The fourth-order valence-electron chi connectivity index (χ4n) is 1.93. The van der Waals surface area contributed by atoms with Crippen LogP contribution < -0.4 is 5.56 Å². The Kier molecular flexibility index (Phi) is 2.54. The number of aryl methyl sites for hydroxylation is 1. The van der Waals surface area contributed by atoms with Crippen LogP contribution in [0.4, 0.5) is 4.39 Å². The summed E-state index contributed by atoms with van der Waals surface area (Å²) in [6.45, 7) is 4.12. The van der Waals surface area contributed by atoms with E-state index in [1.165, 1.54) is 16.7 Å². The average Bonchev–Trinajstić information content (AvgIpc) is 2.23. The van der Waals surface area contributed by atoms with Crippen LogP contribution in [0.1, 0.15) is 25.3 Å². The van der Waals surface area contributed by atoms with Crippen molar-refractivity contribution in [1.29, 1.82) is 0 Å². The zero-order chi connectivity index (χ0) is 11.9. The Morgan fingerprint density at radius 2 is 1.94 bits per heavy atom. The number of aromatic nitrogens is 1. The Labute approximate surface area is 93.3 Å². The first-order valence-electron chi connectivity index (χ1n) is 5.29. The van der Waals surface area contributed by atoms with Crippen molar-refractivity contribution >= 4 is 10.8 Å². The molecule has 0 amide bonds. The lowest BCUT2D eigenvalue weighted by Crippen LogP contribution is -2.17. The summed E-state index contributed by atoms with van der Waals surface area (Å²) in [7, 11) is 1.69. The van der Waals surface area contributed by atoms with E-state index in [0.717, 1.165) is 10.9 Å². The van der Waals surface area contributed by atoms with Gasteiger partial charge in [0.05, 0.1) is 5.39 Å². The number of hydrogen-bond donors (Lipinski definition) is 0. The van der Waals surface area contributed by atoms with E-state index in [-0.39, 0.29) is 11.4 Å². The van der Waals surface area contributed by atoms with E-state index in [9.17, 15) is 9.18 Å². The number of halogens is 1. The first-order chi connectivity index (χ1) is 7.50. The van der Waals surface area contributed by atoms with E-state index in [0.29, 0.717) is 11.3 Å². The number of fused-ring (bicyclic) bond motifs is 1. The molecular weight excluding hydrogens is 205 g/mol. The molecule has 1 heterocycles. The molecular formula is C13H14FNO. The maximum absolute atomic E-state index is 13.1. The quantitative estimate of drug-likeness (QED) is 0.722. The summed E-state index contributed by atoms with van der Waals surface area (Å²) < 4.78 is 14.6. The fraction of sp³-hybridized carbons (Fsp3) is 0.308. The number of pyridine rings is 1. The number of hydrogen-bond acceptors (Lipinski definition) is 1. The van der Waals surface area contributed by atoms with Crippen LogP contribution in [0.2, 0.25) is 0 Å². The molecule has 0 aliphatic rings. The van der Waals surface area contributed by atoms with Crippen LogP contribution in [0.5, 0.6) is 0 Å². The Morgan fingerprint density at radius 1 is 1.25 bits per heavy atom. The summed E-state index contributed by atoms with van der Waals surface area (Å²) in [4.78, 5) is 11.9. The minimum absolute atomic E-state index is 0.154. The van der Waals surface area contributed by atoms with E-state index in [4.69, 9.17) is 0 Å². The molecule has 0 aliphatic carbocycles. The van der Waals surface area contributed by atoms with Gasteiger partial charge in [0.15, 0.2) is 0 Å². The van der Waals surface area contributed by atoms with Crippen molar-refractivity contribution in [3.63, 3.8) is 0 Å². The summed E-state index contributed by atoms with van der Waals surface area (Å²) in [5, 5.41) is 1.30. The molecule has 0 unspecified atom stereocenters. The van der Waals surface area contributed by atoms with Gasteiger partial charge in [0.1, 0.15) is 5.82 Å². The van der Waals surface area contributed by atoms with Gasteiger partial charge < -0.3 is 4.57 Å². The summed E-state index contributed by atoms with van der Waals surface area (Å²) in [5.41, 5.74) is 0.913. The highest BCUT2D eigenvalue weighted by atomic mass is 19.1. The first-order valence-corrected chi connectivity index (χ1v) is 5.29. The van der Waals surface area contributed by atoms with Gasteiger partial charge in [0.25, 0.3) is 5.56 Å². The molecule has 0 fully saturated rings. The summed E-state index contributed by atoms with van der Waals surface area (Å²) >= 11 is 0. The second-order valence-corrected chi connectivity index (χ2v) is 4.35. The maximum atomic E-state index is 13.1. The topological polar surface area (TPSA) is 22.0 Å². The Hall–Kier alpha value is -1.64. The third-order valence-electron chi connectivity index (χ3n) is 2.80. The molecule has 0 atom stereocenters. The standard InChI is InChI=1S/C13H14FNO/c1-8(2)12-7-15(3)13(16)11-6-9(14)4-5-10(11)12/h4-8H,1-3H3. The third kappa shape index (κ3) is 1.62. The highest BCUT2D eigenvalue weighted by Crippen LogP contribution is 2.23. The van der Waals surface area contributed by atoms with E-state index in [1.807, 2.05) is 6.20 Å². The molecule has 1 aromatic heterocycles. The van der Waals surface area contributed by atoms with Crippen molar-refractivity contribution in [2.45, 2.75) is 19.8 Å². The van der Waals surface area contributed by atoms with Crippen LogP contribution >= 0.6 is 0 Å². The van der Waals surface area contributed by atoms with Crippen molar-refractivity contribution < 1.29 is 4.39 Å². The monoisotopic (exact) mass is 219 g/mol. The normalized spacial score (nSPS) is 11.3. The number of nitrogens with zero attached hydrogens (tertiary/aromatic N) is 1. The van der Waals surface area contributed by atoms with Gasteiger partial charge in [-0.2, -0.15) is 0 Å². The summed E-state index contributed by atoms with van der Waals surface area (Å²) in [6, 6.07) is 4.39. The summed E-state index contributed by atoms with van der Waals surface area (Å²) in [5.74, 6) is -0.0646. The zero-order valence-electron chi connectivity index (χ0n) is 9.62. The van der Waals surface area contributed by atoms with Gasteiger partial charge in [0, 0.05) is 13.2 Å². The fourth-order valence-corrected chi connectivity index (χ4v) is 1.93. The second-order valence-electron chi connectivity index (χ2n) is 4.35. The summed E-state index contributed by atoms with van der Waals surface area (Å²) in [6.07, 6.45) is 1.83. The predicted octanol–water partition coefficient (Wildman–Crippen LogP) is 2.80. The van der Waals surface area contributed by atoms with Gasteiger partial charge in [-0.1, -0.05) is 19.9 Å². The van der Waals surface area contributed by atoms with E-state index in [1.54, 1.807) is 13.1 Å². The van der Waals surface area contributed by atoms with E-state index >= 15 is 0 Å². The number of benzene rings is 1. The molecule has 84 valence electrons. The maximum Gasteiger partial charge on any atom is 0.258 e. The molecule has 0 spiro atoms. The lowest BCUT2D eigenvalue weighted by molar-refractivity contribution is 0.629. The van der Waals surface area contributed by atoms with Crippen molar-refractivity contribution in [1.82, 2.24) is 4.57 Å². The van der Waals surface area contributed by atoms with Crippen LogP contribution in [-0.4, -0.2) is 4.57 Å². The van der Waals surface area contributed by atoms with Crippen molar-refractivity contribution in [3.8, 4) is 0 Å². The smallest absolute Gasteiger partial charge is 0.258 e. The first kappa shape index (κ1) is 10.9. The third-order valence-corrected chi connectivity index (χ3v) is 2.80. The SMILES string of the molecule is CC(C)c1cn(C)c(=O)c2cc(F)ccc12. The zero-order valence-corrected chi connectivity index (χ0v) is 9.62. The molecule has 16 heavy (non-hydrogen) atoms. The van der Waals surface area contributed by atoms with Gasteiger partial charge >= 0.3 is 0 Å². The van der Waals surface area contributed by atoms with Crippen LogP contribution in [0.25, 0.3) is 10.8 Å². The van der Waals surface area contributed by atoms with Gasteiger partial charge in [-0.15, -0.1) is 0 Å². The van der Waals surface area contributed by atoms with E-state index < -0.39 is 0 Å². The highest BCUT2D eigenvalue weighted by Gasteiger charge is 2.10. The number of rotatable bonds is 1. The Balaban J connectivity index is 2.95. The lowest BCUT2D eigenvalue weighted by Gasteiger charge is -2.11. The van der Waals surface area contributed by atoms with Crippen LogP contribution in [0, 0.1) is 5.82 Å². The van der Waals surface area contributed by atoms with E-state index in [2.05, 4.69) is 13.8 Å². The molecule has 1 aromatic carbocycles. The van der Waals surface area contributed by atoms with Crippen LogP contribution in [0.3, 0.4) is 0 Å². The van der Waals surface area contributed by atoms with Gasteiger partial charge in [-0.05, 0) is 29.0 Å². The predicted molar refractivity (Wildman–Crippen MR) is 63.2 cm³/mol. The minimum Gasteiger partial charge on any atom is -0.318 e. The molecule has 0 saturated heterocycles.